The molecule has 0 atom stereocenters. The highest BCUT2D eigenvalue weighted by atomic mass is 35.5. The van der Waals surface area contributed by atoms with Gasteiger partial charge in [0.05, 0.1) is 0 Å². The minimum Gasteiger partial charge on any atom is -0.372 e. The molecule has 0 aromatic heterocycles. The Balaban J connectivity index is 3.83. The first-order chi connectivity index (χ1) is 4.52. The van der Waals surface area contributed by atoms with Gasteiger partial charge in [-0.25, -0.2) is 4.99 Å². The van der Waals surface area contributed by atoms with Crippen LogP contribution < -0.4 is 5.32 Å². The van der Waals surface area contributed by atoms with Crippen LogP contribution in [0, 0.1) is 0 Å². The SMILES string of the molecule is C=C(Cl)/N=C(\C)NC(C)C. The topological polar surface area (TPSA) is 24.4 Å². The number of amidine groups is 1. The van der Waals surface area contributed by atoms with Gasteiger partial charge in [-0.2, -0.15) is 0 Å². The van der Waals surface area contributed by atoms with Crippen molar-refractivity contribution in [2.75, 3.05) is 0 Å². The fourth-order valence-electron chi connectivity index (χ4n) is 0.632. The Morgan fingerprint density at radius 1 is 1.60 bits per heavy atom. The number of nitrogens with one attached hydrogen (secondary N) is 1. The van der Waals surface area contributed by atoms with E-state index in [0.717, 1.165) is 5.84 Å². The van der Waals surface area contributed by atoms with Gasteiger partial charge >= 0.3 is 0 Å². The first-order valence-corrected chi connectivity index (χ1v) is 3.56. The van der Waals surface area contributed by atoms with Gasteiger partial charge in [0.25, 0.3) is 0 Å². The van der Waals surface area contributed by atoms with Crippen molar-refractivity contribution in [1.29, 1.82) is 0 Å². The van der Waals surface area contributed by atoms with Crippen LogP contribution in [0.15, 0.2) is 16.7 Å². The summed E-state index contributed by atoms with van der Waals surface area (Å²) >= 11 is 5.43. The van der Waals surface area contributed by atoms with Crippen molar-refractivity contribution in [2.24, 2.45) is 4.99 Å². The lowest BCUT2D eigenvalue weighted by atomic mass is 10.4. The van der Waals surface area contributed by atoms with Gasteiger partial charge in [-0.15, -0.1) is 0 Å². The number of nitrogens with zero attached hydrogens (tertiary/aromatic N) is 1. The van der Waals surface area contributed by atoms with Gasteiger partial charge in [0.15, 0.2) is 0 Å². The van der Waals surface area contributed by atoms with Gasteiger partial charge in [0.1, 0.15) is 11.0 Å². The molecule has 0 aromatic rings. The zero-order chi connectivity index (χ0) is 8.15. The quantitative estimate of drug-likeness (QED) is 0.374. The molecule has 0 aliphatic carbocycles. The third kappa shape index (κ3) is 5.63. The minimum atomic E-state index is 0.311. The molecule has 0 unspecified atom stereocenters. The van der Waals surface area contributed by atoms with E-state index in [4.69, 9.17) is 11.6 Å². The second kappa shape index (κ2) is 4.34. The molecule has 2 nitrogen and oxygen atoms in total. The summed E-state index contributed by atoms with van der Waals surface area (Å²) in [5, 5.41) is 3.39. The number of hydrogen-bond acceptors (Lipinski definition) is 1. The van der Waals surface area contributed by atoms with Gasteiger partial charge in [-0.05, 0) is 20.8 Å². The molecule has 1 N–H and O–H groups in total. The molecule has 0 bridgehead atoms. The highest BCUT2D eigenvalue weighted by molar-refractivity contribution is 6.29. The number of rotatable bonds is 2. The molecule has 0 aliphatic rings. The van der Waals surface area contributed by atoms with E-state index in [-0.39, 0.29) is 0 Å². The maximum atomic E-state index is 5.43. The predicted molar refractivity (Wildman–Crippen MR) is 46.4 cm³/mol. The molecule has 0 rings (SSSR count). The Labute approximate surface area is 67.0 Å². The van der Waals surface area contributed by atoms with Crippen LogP contribution in [0.25, 0.3) is 0 Å². The summed E-state index contributed by atoms with van der Waals surface area (Å²) < 4.78 is 0. The Morgan fingerprint density at radius 3 is 2.40 bits per heavy atom. The maximum absolute atomic E-state index is 5.43. The van der Waals surface area contributed by atoms with E-state index in [2.05, 4.69) is 16.9 Å². The molecule has 10 heavy (non-hydrogen) atoms. The number of halogens is 1. The van der Waals surface area contributed by atoms with Crippen LogP contribution in [0.2, 0.25) is 0 Å². The fraction of sp³-hybridized carbons (Fsp3) is 0.571. The van der Waals surface area contributed by atoms with Crippen LogP contribution in [0.1, 0.15) is 20.8 Å². The Bertz CT molecular complexity index is 150. The van der Waals surface area contributed by atoms with E-state index in [9.17, 15) is 0 Å². The first kappa shape index (κ1) is 9.50. The van der Waals surface area contributed by atoms with Gasteiger partial charge < -0.3 is 5.32 Å². The van der Waals surface area contributed by atoms with Crippen molar-refractivity contribution < 1.29 is 0 Å². The molecular weight excluding hydrogens is 148 g/mol. The molecular formula is C7H13ClN2. The molecule has 0 spiro atoms. The summed E-state index contributed by atoms with van der Waals surface area (Å²) in [6.45, 7) is 9.37. The van der Waals surface area contributed by atoms with Gasteiger partial charge in [0, 0.05) is 6.04 Å². The standard InChI is InChI=1S/C7H13ClN2/c1-5(2)9-7(4)10-6(3)8/h5H,3H2,1-2,4H3,(H,9,10). The lowest BCUT2D eigenvalue weighted by molar-refractivity contribution is 0.730. The highest BCUT2D eigenvalue weighted by Crippen LogP contribution is 1.97. The molecule has 0 saturated heterocycles. The smallest absolute Gasteiger partial charge is 0.123 e. The number of aliphatic imine (C=N–C) groups is 1. The third-order valence-electron chi connectivity index (χ3n) is 0.787. The van der Waals surface area contributed by atoms with Crippen LogP contribution >= 0.6 is 11.6 Å². The molecule has 0 aliphatic heterocycles. The second-order valence-electron chi connectivity index (χ2n) is 2.37. The minimum absolute atomic E-state index is 0.311. The molecule has 0 saturated carbocycles. The Kier molecular flexibility index (Phi) is 4.12. The van der Waals surface area contributed by atoms with Gasteiger partial charge in [0.2, 0.25) is 0 Å². The first-order valence-electron chi connectivity index (χ1n) is 3.18. The van der Waals surface area contributed by atoms with Crippen molar-refractivity contribution in [3.05, 3.63) is 11.7 Å². The predicted octanol–water partition coefficient (Wildman–Crippen LogP) is 2.11. The van der Waals surface area contributed by atoms with Crippen LogP contribution in [-0.2, 0) is 0 Å². The van der Waals surface area contributed by atoms with Crippen molar-refractivity contribution in [3.63, 3.8) is 0 Å². The molecule has 3 heteroatoms. The van der Waals surface area contributed by atoms with Crippen molar-refractivity contribution in [2.45, 2.75) is 26.8 Å². The molecule has 0 aromatic carbocycles. The lowest BCUT2D eigenvalue weighted by Gasteiger charge is -2.07. The second-order valence-corrected chi connectivity index (χ2v) is 2.81. The van der Waals surface area contributed by atoms with Gasteiger partial charge in [-0.3, -0.25) is 0 Å². The van der Waals surface area contributed by atoms with Crippen molar-refractivity contribution in [1.82, 2.24) is 5.32 Å². The van der Waals surface area contributed by atoms with Crippen molar-refractivity contribution in [3.8, 4) is 0 Å². The van der Waals surface area contributed by atoms with E-state index < -0.39 is 0 Å². The summed E-state index contributed by atoms with van der Waals surface area (Å²) in [5.41, 5.74) is 0. The molecule has 0 radical (unpaired) electrons. The van der Waals surface area contributed by atoms with Crippen LogP contribution in [-0.4, -0.2) is 11.9 Å². The van der Waals surface area contributed by atoms with Crippen molar-refractivity contribution >= 4 is 17.4 Å². The highest BCUT2D eigenvalue weighted by Gasteiger charge is 1.92. The Hall–Kier alpha value is -0.500. The van der Waals surface area contributed by atoms with Crippen LogP contribution in [0.5, 0.6) is 0 Å². The largest absolute Gasteiger partial charge is 0.372 e. The molecule has 0 fully saturated rings. The van der Waals surface area contributed by atoms with E-state index in [1.165, 1.54) is 0 Å². The maximum Gasteiger partial charge on any atom is 0.123 e. The zero-order valence-electron chi connectivity index (χ0n) is 6.61. The van der Waals surface area contributed by atoms with E-state index in [1.54, 1.807) is 0 Å². The Morgan fingerprint density at radius 2 is 2.10 bits per heavy atom. The molecule has 58 valence electrons. The van der Waals surface area contributed by atoms with Crippen LogP contribution in [0.3, 0.4) is 0 Å². The zero-order valence-corrected chi connectivity index (χ0v) is 7.37. The average molecular weight is 161 g/mol. The summed E-state index contributed by atoms with van der Waals surface area (Å²) in [4.78, 5) is 3.89. The average Bonchev–Trinajstić information content (AvgIpc) is 1.58. The van der Waals surface area contributed by atoms with E-state index in [1.807, 2.05) is 20.8 Å². The van der Waals surface area contributed by atoms with E-state index >= 15 is 0 Å². The molecule has 0 heterocycles. The lowest BCUT2D eigenvalue weighted by Crippen LogP contribution is -2.27. The monoisotopic (exact) mass is 160 g/mol. The number of hydrogen-bond donors (Lipinski definition) is 1. The molecule has 0 amide bonds. The summed E-state index contributed by atoms with van der Waals surface area (Å²) in [5.74, 6) is 0.801. The third-order valence-corrected chi connectivity index (χ3v) is 0.871. The summed E-state index contributed by atoms with van der Waals surface area (Å²) in [6, 6.07) is 0.389. The van der Waals surface area contributed by atoms with E-state index in [0.29, 0.717) is 11.2 Å². The summed E-state index contributed by atoms with van der Waals surface area (Å²) in [7, 11) is 0. The van der Waals surface area contributed by atoms with Crippen LogP contribution in [0.4, 0.5) is 0 Å². The summed E-state index contributed by atoms with van der Waals surface area (Å²) in [6.07, 6.45) is 0. The normalized spacial score (nSPS) is 11.9. The van der Waals surface area contributed by atoms with Gasteiger partial charge in [-0.1, -0.05) is 18.2 Å². The fourth-order valence-corrected chi connectivity index (χ4v) is 0.759.